The number of nitrogens with zero attached hydrogens (tertiary/aromatic N) is 3. The Morgan fingerprint density at radius 3 is 3.00 bits per heavy atom. The molecule has 0 amide bonds. The number of benzene rings is 1. The lowest BCUT2D eigenvalue weighted by molar-refractivity contribution is 0.201. The molecule has 1 aromatic carbocycles. The molecule has 0 bridgehead atoms. The van der Waals surface area contributed by atoms with E-state index < -0.39 is 0 Å². The third kappa shape index (κ3) is 2.43. The van der Waals surface area contributed by atoms with Gasteiger partial charge in [0, 0.05) is 22.7 Å². The Balaban J connectivity index is 2.04. The van der Waals surface area contributed by atoms with Crippen LogP contribution in [0.3, 0.4) is 0 Å². The van der Waals surface area contributed by atoms with E-state index >= 15 is 0 Å². The van der Waals surface area contributed by atoms with Crippen molar-refractivity contribution in [1.29, 1.82) is 5.26 Å². The second kappa shape index (κ2) is 5.43. The molecule has 1 aromatic heterocycles. The van der Waals surface area contributed by atoms with Crippen molar-refractivity contribution in [3.63, 3.8) is 0 Å². The predicted molar refractivity (Wildman–Crippen MR) is 78.5 cm³/mol. The van der Waals surface area contributed by atoms with E-state index in [1.54, 1.807) is 6.20 Å². The van der Waals surface area contributed by atoms with Crippen LogP contribution in [0.25, 0.3) is 0 Å². The first kappa shape index (κ1) is 12.8. The summed E-state index contributed by atoms with van der Waals surface area (Å²) in [6.07, 6.45) is 3.92. The van der Waals surface area contributed by atoms with E-state index in [1.165, 1.54) is 0 Å². The summed E-state index contributed by atoms with van der Waals surface area (Å²) in [6.45, 7) is 0. The molecule has 98 valence electrons. The van der Waals surface area contributed by atoms with Crippen molar-refractivity contribution in [3.8, 4) is 11.9 Å². The maximum atomic E-state index is 8.86. The van der Waals surface area contributed by atoms with E-state index in [2.05, 4.69) is 25.9 Å². The van der Waals surface area contributed by atoms with Crippen LogP contribution >= 0.6 is 15.9 Å². The monoisotopic (exact) mass is 327 g/mol. The van der Waals surface area contributed by atoms with Crippen LogP contribution in [0.15, 0.2) is 52.1 Å². The minimum Gasteiger partial charge on any atom is -0.483 e. The molecule has 2 aromatic rings. The van der Waals surface area contributed by atoms with Gasteiger partial charge in [0.25, 0.3) is 0 Å². The molecule has 3 rings (SSSR count). The van der Waals surface area contributed by atoms with Gasteiger partial charge in [0.1, 0.15) is 11.9 Å². The van der Waals surface area contributed by atoms with Crippen LogP contribution in [0, 0.1) is 11.5 Å². The largest absolute Gasteiger partial charge is 0.483 e. The molecule has 0 saturated carbocycles. The Bertz CT molecular complexity index is 707. The van der Waals surface area contributed by atoms with E-state index in [-0.39, 0.29) is 6.10 Å². The quantitative estimate of drug-likeness (QED) is 0.751. The van der Waals surface area contributed by atoms with Crippen molar-refractivity contribution in [1.82, 2.24) is 4.98 Å². The number of fused-ring (bicyclic) bond motifs is 1. The molecule has 1 atom stereocenters. The fraction of sp³-hybridized carbons (Fsp3) is 0.133. The molecule has 0 N–H and O–H groups in total. The van der Waals surface area contributed by atoms with Gasteiger partial charge in [-0.2, -0.15) is 10.3 Å². The van der Waals surface area contributed by atoms with Crippen LogP contribution in [-0.4, -0.2) is 10.7 Å². The molecule has 0 spiro atoms. The molecule has 0 radical (unpaired) electrons. The van der Waals surface area contributed by atoms with Crippen molar-refractivity contribution < 1.29 is 4.74 Å². The second-order valence-electron chi connectivity index (χ2n) is 4.36. The molecular formula is C15H10BrN3O. The van der Waals surface area contributed by atoms with Gasteiger partial charge in [-0.05, 0) is 30.3 Å². The molecular weight excluding hydrogens is 318 g/mol. The Hall–Kier alpha value is -2.19. The standard InChI is InChI=1S/C15H10BrN3O/c16-10-4-5-14-11(7-10)13(19-9-17)8-15(20-14)12-3-1-2-6-18-12/h1-7,15H,8H2. The number of halogens is 1. The van der Waals surface area contributed by atoms with Crippen molar-refractivity contribution in [2.45, 2.75) is 12.5 Å². The first-order valence-corrected chi connectivity index (χ1v) is 6.90. The minimum absolute atomic E-state index is 0.211. The van der Waals surface area contributed by atoms with E-state index in [0.717, 1.165) is 27.2 Å². The van der Waals surface area contributed by atoms with Crippen molar-refractivity contribution in [2.24, 2.45) is 4.99 Å². The second-order valence-corrected chi connectivity index (χ2v) is 5.28. The Morgan fingerprint density at radius 2 is 2.25 bits per heavy atom. The fourth-order valence-corrected chi connectivity index (χ4v) is 2.57. The van der Waals surface area contributed by atoms with Gasteiger partial charge in [0.05, 0.1) is 11.4 Å². The summed E-state index contributed by atoms with van der Waals surface area (Å²) in [5, 5.41) is 8.86. The topological polar surface area (TPSA) is 58.3 Å². The van der Waals surface area contributed by atoms with Crippen LogP contribution in [0.1, 0.15) is 23.8 Å². The Labute approximate surface area is 124 Å². The van der Waals surface area contributed by atoms with Gasteiger partial charge in [-0.1, -0.05) is 22.0 Å². The van der Waals surface area contributed by atoms with Gasteiger partial charge >= 0.3 is 0 Å². The Morgan fingerprint density at radius 1 is 1.35 bits per heavy atom. The summed E-state index contributed by atoms with van der Waals surface area (Å²) < 4.78 is 6.91. The number of ether oxygens (including phenoxy) is 1. The zero-order valence-electron chi connectivity index (χ0n) is 10.5. The number of nitriles is 1. The molecule has 1 aliphatic heterocycles. The van der Waals surface area contributed by atoms with Gasteiger partial charge in [-0.15, -0.1) is 0 Å². The molecule has 1 aliphatic rings. The van der Waals surface area contributed by atoms with Crippen molar-refractivity contribution in [2.75, 3.05) is 0 Å². The van der Waals surface area contributed by atoms with Crippen LogP contribution in [-0.2, 0) is 0 Å². The summed E-state index contributed by atoms with van der Waals surface area (Å²) in [6, 6.07) is 11.4. The summed E-state index contributed by atoms with van der Waals surface area (Å²) >= 11 is 3.42. The normalized spacial score (nSPS) is 19.0. The summed E-state index contributed by atoms with van der Waals surface area (Å²) in [5.41, 5.74) is 2.42. The zero-order valence-corrected chi connectivity index (χ0v) is 12.0. The van der Waals surface area contributed by atoms with Crippen LogP contribution in [0.5, 0.6) is 5.75 Å². The maximum absolute atomic E-state index is 8.86. The molecule has 4 nitrogen and oxygen atoms in total. The highest BCUT2D eigenvalue weighted by Crippen LogP contribution is 2.36. The maximum Gasteiger partial charge on any atom is 0.205 e. The lowest BCUT2D eigenvalue weighted by Crippen LogP contribution is -2.21. The lowest BCUT2D eigenvalue weighted by Gasteiger charge is -2.26. The smallest absolute Gasteiger partial charge is 0.205 e. The number of aliphatic imine (C=N–C) groups is 1. The molecule has 1 unspecified atom stereocenters. The number of rotatable bonds is 1. The third-order valence-corrected chi connectivity index (χ3v) is 3.60. The van der Waals surface area contributed by atoms with E-state index in [9.17, 15) is 0 Å². The molecule has 0 saturated heterocycles. The Kier molecular flexibility index (Phi) is 3.48. The zero-order chi connectivity index (χ0) is 13.9. The molecule has 2 heterocycles. The highest BCUT2D eigenvalue weighted by molar-refractivity contribution is 9.10. The number of hydrogen-bond donors (Lipinski definition) is 0. The van der Waals surface area contributed by atoms with E-state index in [0.29, 0.717) is 6.42 Å². The minimum atomic E-state index is -0.211. The van der Waals surface area contributed by atoms with E-state index in [4.69, 9.17) is 10.00 Å². The molecule has 0 fully saturated rings. The number of pyridine rings is 1. The van der Waals surface area contributed by atoms with Crippen molar-refractivity contribution in [3.05, 3.63) is 58.3 Å². The predicted octanol–water partition coefficient (Wildman–Crippen LogP) is 3.64. The highest BCUT2D eigenvalue weighted by Gasteiger charge is 2.27. The van der Waals surface area contributed by atoms with Gasteiger partial charge in [-0.25, -0.2) is 0 Å². The molecule has 5 heteroatoms. The lowest BCUT2D eigenvalue weighted by atomic mass is 9.98. The fourth-order valence-electron chi connectivity index (χ4n) is 2.21. The van der Waals surface area contributed by atoms with Gasteiger partial charge in [0.15, 0.2) is 0 Å². The first-order valence-electron chi connectivity index (χ1n) is 6.11. The van der Waals surface area contributed by atoms with Gasteiger partial charge < -0.3 is 4.74 Å². The summed E-state index contributed by atoms with van der Waals surface area (Å²) in [4.78, 5) is 8.25. The van der Waals surface area contributed by atoms with Crippen molar-refractivity contribution >= 4 is 21.6 Å². The van der Waals surface area contributed by atoms with Gasteiger partial charge in [0.2, 0.25) is 6.19 Å². The molecule has 20 heavy (non-hydrogen) atoms. The third-order valence-electron chi connectivity index (χ3n) is 3.10. The SMILES string of the molecule is N#CN=C1CC(c2ccccn2)Oc2ccc(Br)cc21. The van der Waals surface area contributed by atoms with Crippen LogP contribution in [0.4, 0.5) is 0 Å². The average Bonchev–Trinajstić information content (AvgIpc) is 2.49. The summed E-state index contributed by atoms with van der Waals surface area (Å²) in [7, 11) is 0. The van der Waals surface area contributed by atoms with Gasteiger partial charge in [-0.3, -0.25) is 4.98 Å². The van der Waals surface area contributed by atoms with Crippen LogP contribution in [0.2, 0.25) is 0 Å². The number of aromatic nitrogens is 1. The van der Waals surface area contributed by atoms with Crippen LogP contribution < -0.4 is 4.74 Å². The number of hydrogen-bond acceptors (Lipinski definition) is 4. The van der Waals surface area contributed by atoms with E-state index in [1.807, 2.05) is 42.6 Å². The average molecular weight is 328 g/mol. The summed E-state index contributed by atoms with van der Waals surface area (Å²) in [5.74, 6) is 0.726. The highest BCUT2D eigenvalue weighted by atomic mass is 79.9. The molecule has 0 aliphatic carbocycles. The first-order chi connectivity index (χ1) is 9.78.